The summed E-state index contributed by atoms with van der Waals surface area (Å²) in [6, 6.07) is 24.4. The molecular formula is C31H29NO5. The summed E-state index contributed by atoms with van der Waals surface area (Å²) < 4.78 is 11.1. The Balaban J connectivity index is 1.55. The molecule has 2 atom stereocenters. The van der Waals surface area contributed by atoms with Gasteiger partial charge < -0.3 is 19.9 Å². The summed E-state index contributed by atoms with van der Waals surface area (Å²) in [5, 5.41) is 13.6. The molecule has 0 fully saturated rings. The van der Waals surface area contributed by atoms with Crippen molar-refractivity contribution in [2.24, 2.45) is 0 Å². The Kier molecular flexibility index (Phi) is 6.82. The first kappa shape index (κ1) is 24.4. The number of Topliss-reactive ketones (excluding diaryl/α,β-unsaturated/α-hetero) is 1. The molecule has 3 aromatic rings. The van der Waals surface area contributed by atoms with Crippen molar-refractivity contribution >= 4 is 11.8 Å². The minimum atomic E-state index is -0.641. The summed E-state index contributed by atoms with van der Waals surface area (Å²) in [5.74, 6) is -0.829. The van der Waals surface area contributed by atoms with Gasteiger partial charge in [0, 0.05) is 29.3 Å². The van der Waals surface area contributed by atoms with E-state index in [0.29, 0.717) is 35.2 Å². The maximum Gasteiger partial charge on any atom is 0.337 e. The number of aromatic hydroxyl groups is 1. The molecule has 188 valence electrons. The highest BCUT2D eigenvalue weighted by atomic mass is 16.5. The smallest absolute Gasteiger partial charge is 0.337 e. The second kappa shape index (κ2) is 10.3. The SMILES string of the molecule is COc1cc([C@@H]2C(C(=O)OCc3ccccc3)=C(C)NC3=C2C(=O)C[C@H](c2ccccc2)C3)ccc1O. The molecule has 1 heterocycles. The van der Waals surface area contributed by atoms with Gasteiger partial charge in [-0.2, -0.15) is 0 Å². The Hall–Kier alpha value is -4.32. The molecule has 0 saturated carbocycles. The molecule has 0 spiro atoms. The van der Waals surface area contributed by atoms with E-state index >= 15 is 0 Å². The van der Waals surface area contributed by atoms with Crippen LogP contribution in [0.1, 0.15) is 48.3 Å². The van der Waals surface area contributed by atoms with Crippen molar-refractivity contribution in [2.75, 3.05) is 7.11 Å². The third-order valence-electron chi connectivity index (χ3n) is 7.07. The zero-order valence-electron chi connectivity index (χ0n) is 20.9. The Labute approximate surface area is 216 Å². The number of rotatable bonds is 6. The van der Waals surface area contributed by atoms with Gasteiger partial charge in [-0.15, -0.1) is 0 Å². The molecule has 5 rings (SSSR count). The van der Waals surface area contributed by atoms with E-state index < -0.39 is 11.9 Å². The van der Waals surface area contributed by atoms with Crippen LogP contribution in [0, 0.1) is 0 Å². The van der Waals surface area contributed by atoms with E-state index in [4.69, 9.17) is 9.47 Å². The van der Waals surface area contributed by atoms with Crippen LogP contribution in [0.25, 0.3) is 0 Å². The van der Waals surface area contributed by atoms with E-state index in [0.717, 1.165) is 16.8 Å². The number of carbonyl (C=O) groups excluding carboxylic acids is 2. The van der Waals surface area contributed by atoms with Crippen LogP contribution in [-0.4, -0.2) is 24.0 Å². The normalized spacial score (nSPS) is 19.2. The summed E-state index contributed by atoms with van der Waals surface area (Å²) in [7, 11) is 1.47. The maximum absolute atomic E-state index is 13.7. The fourth-order valence-corrected chi connectivity index (χ4v) is 5.28. The number of phenols is 1. The standard InChI is InChI=1S/C31H29NO5/c1-19-28(31(35)37-18-20-9-5-3-6-10-20)29(22-13-14-25(33)27(17-22)36-2)30-24(32-19)15-23(16-26(30)34)21-11-7-4-8-12-21/h3-14,17,23,29,32-33H,15-16,18H2,1-2H3/t23-,29-/m1/s1. The third-order valence-corrected chi connectivity index (χ3v) is 7.07. The molecule has 3 aromatic carbocycles. The van der Waals surface area contributed by atoms with E-state index in [1.165, 1.54) is 13.2 Å². The molecule has 6 heteroatoms. The van der Waals surface area contributed by atoms with Crippen molar-refractivity contribution < 1.29 is 24.2 Å². The Morgan fingerprint density at radius 3 is 2.38 bits per heavy atom. The van der Waals surface area contributed by atoms with Gasteiger partial charge >= 0.3 is 5.97 Å². The summed E-state index contributed by atoms with van der Waals surface area (Å²) in [6.45, 7) is 1.96. The van der Waals surface area contributed by atoms with E-state index in [2.05, 4.69) is 5.32 Å². The lowest BCUT2D eigenvalue weighted by Crippen LogP contribution is -2.36. The molecule has 0 amide bonds. The topological polar surface area (TPSA) is 84.9 Å². The van der Waals surface area contributed by atoms with Crippen molar-refractivity contribution in [1.82, 2.24) is 5.32 Å². The lowest BCUT2D eigenvalue weighted by molar-refractivity contribution is -0.140. The van der Waals surface area contributed by atoms with Gasteiger partial charge in [-0.05, 0) is 48.1 Å². The first-order valence-electron chi connectivity index (χ1n) is 12.3. The van der Waals surface area contributed by atoms with Gasteiger partial charge in [0.2, 0.25) is 0 Å². The number of esters is 1. The molecule has 0 unspecified atom stereocenters. The van der Waals surface area contributed by atoms with Crippen LogP contribution < -0.4 is 10.1 Å². The number of ketones is 1. The molecule has 1 aliphatic heterocycles. The Morgan fingerprint density at radius 1 is 0.973 bits per heavy atom. The lowest BCUT2D eigenvalue weighted by Gasteiger charge is -2.36. The van der Waals surface area contributed by atoms with Crippen LogP contribution in [0.15, 0.2) is 101 Å². The zero-order valence-corrected chi connectivity index (χ0v) is 20.9. The number of dihydropyridines is 1. The number of phenolic OH excluding ortho intramolecular Hbond substituents is 1. The maximum atomic E-state index is 13.7. The number of benzene rings is 3. The van der Waals surface area contributed by atoms with E-state index in [-0.39, 0.29) is 29.8 Å². The highest BCUT2D eigenvalue weighted by molar-refractivity contribution is 6.04. The van der Waals surface area contributed by atoms with Gasteiger partial charge in [-0.3, -0.25) is 4.79 Å². The summed E-state index contributed by atoms with van der Waals surface area (Å²) >= 11 is 0. The van der Waals surface area contributed by atoms with Gasteiger partial charge in [-0.25, -0.2) is 4.79 Å². The fourth-order valence-electron chi connectivity index (χ4n) is 5.28. The molecule has 0 bridgehead atoms. The van der Waals surface area contributed by atoms with Crippen LogP contribution in [-0.2, 0) is 20.9 Å². The van der Waals surface area contributed by atoms with Crippen molar-refractivity contribution in [1.29, 1.82) is 0 Å². The van der Waals surface area contributed by atoms with Crippen molar-refractivity contribution in [2.45, 2.75) is 38.2 Å². The first-order chi connectivity index (χ1) is 18.0. The van der Waals surface area contributed by atoms with Crippen LogP contribution in [0.3, 0.4) is 0 Å². The molecule has 0 aromatic heterocycles. The van der Waals surface area contributed by atoms with E-state index in [9.17, 15) is 14.7 Å². The molecule has 37 heavy (non-hydrogen) atoms. The lowest BCUT2D eigenvalue weighted by atomic mass is 9.71. The monoisotopic (exact) mass is 495 g/mol. The number of hydrogen-bond donors (Lipinski definition) is 2. The molecule has 6 nitrogen and oxygen atoms in total. The van der Waals surface area contributed by atoms with Crippen molar-refractivity contribution in [3.05, 3.63) is 118 Å². The first-order valence-corrected chi connectivity index (χ1v) is 12.3. The van der Waals surface area contributed by atoms with Gasteiger partial charge in [-0.1, -0.05) is 66.7 Å². The summed E-state index contributed by atoms with van der Waals surface area (Å²) in [5.41, 5.74) is 5.09. The summed E-state index contributed by atoms with van der Waals surface area (Å²) in [4.78, 5) is 27.2. The molecule has 2 aliphatic rings. The number of hydrogen-bond acceptors (Lipinski definition) is 6. The number of methoxy groups -OCH3 is 1. The highest BCUT2D eigenvalue weighted by Gasteiger charge is 2.41. The predicted octanol–water partition coefficient (Wildman–Crippen LogP) is 5.51. The van der Waals surface area contributed by atoms with Crippen LogP contribution in [0.2, 0.25) is 0 Å². The number of carbonyl (C=O) groups is 2. The quantitative estimate of drug-likeness (QED) is 0.439. The van der Waals surface area contributed by atoms with Gasteiger partial charge in [0.05, 0.1) is 12.7 Å². The summed E-state index contributed by atoms with van der Waals surface area (Å²) in [6.07, 6.45) is 1.00. The zero-order chi connectivity index (χ0) is 25.9. The molecule has 0 saturated heterocycles. The highest BCUT2D eigenvalue weighted by Crippen LogP contribution is 2.46. The van der Waals surface area contributed by atoms with E-state index in [1.807, 2.05) is 67.6 Å². The van der Waals surface area contributed by atoms with Crippen LogP contribution in [0.4, 0.5) is 0 Å². The average molecular weight is 496 g/mol. The number of allylic oxidation sites excluding steroid dienone is 3. The number of ether oxygens (including phenoxy) is 2. The second-order valence-corrected chi connectivity index (χ2v) is 9.42. The predicted molar refractivity (Wildman–Crippen MR) is 140 cm³/mol. The number of nitrogens with one attached hydrogen (secondary N) is 1. The van der Waals surface area contributed by atoms with Gasteiger partial charge in [0.15, 0.2) is 17.3 Å². The molecular weight excluding hydrogens is 466 g/mol. The third kappa shape index (κ3) is 4.87. The van der Waals surface area contributed by atoms with Crippen LogP contribution in [0.5, 0.6) is 11.5 Å². The Morgan fingerprint density at radius 2 is 1.68 bits per heavy atom. The minimum absolute atomic E-state index is 0.0117. The second-order valence-electron chi connectivity index (χ2n) is 9.42. The van der Waals surface area contributed by atoms with Gasteiger partial charge in [0.25, 0.3) is 0 Å². The minimum Gasteiger partial charge on any atom is -0.504 e. The molecule has 0 radical (unpaired) electrons. The molecule has 2 N–H and O–H groups in total. The fraction of sp³-hybridized carbons (Fsp3) is 0.226. The molecule has 1 aliphatic carbocycles. The largest absolute Gasteiger partial charge is 0.504 e. The van der Waals surface area contributed by atoms with E-state index in [1.54, 1.807) is 12.1 Å². The van der Waals surface area contributed by atoms with Crippen molar-refractivity contribution in [3.63, 3.8) is 0 Å². The van der Waals surface area contributed by atoms with Crippen molar-refractivity contribution in [3.8, 4) is 11.5 Å². The average Bonchev–Trinajstić information content (AvgIpc) is 2.92. The Bertz CT molecular complexity index is 1390. The van der Waals surface area contributed by atoms with Crippen LogP contribution >= 0.6 is 0 Å². The van der Waals surface area contributed by atoms with Gasteiger partial charge in [0.1, 0.15) is 6.61 Å².